The summed E-state index contributed by atoms with van der Waals surface area (Å²) in [6.07, 6.45) is 5.50. The number of nitrogens with one attached hydrogen (secondary N) is 1. The molecular weight excluding hydrogens is 296 g/mol. The summed E-state index contributed by atoms with van der Waals surface area (Å²) < 4.78 is 0.891. The molecule has 1 aliphatic rings. The third-order valence-electron chi connectivity index (χ3n) is 3.14. The van der Waals surface area contributed by atoms with Crippen molar-refractivity contribution in [2.45, 2.75) is 25.3 Å². The Morgan fingerprint density at radius 2 is 2.35 bits per heavy atom. The number of aryl methyl sites for hydroxylation is 1. The number of fused-ring (bicyclic) bond motifs is 1. The van der Waals surface area contributed by atoms with Gasteiger partial charge in [0.25, 0.3) is 0 Å². The summed E-state index contributed by atoms with van der Waals surface area (Å²) in [5.41, 5.74) is 2.55. The van der Waals surface area contributed by atoms with E-state index in [0.717, 1.165) is 10.3 Å². The summed E-state index contributed by atoms with van der Waals surface area (Å²) in [5, 5.41) is 5.79. The number of halogens is 1. The highest BCUT2D eigenvalue weighted by Crippen LogP contribution is 2.36. The van der Waals surface area contributed by atoms with Crippen LogP contribution >= 0.6 is 27.3 Å². The van der Waals surface area contributed by atoms with Crippen LogP contribution in [0.5, 0.6) is 0 Å². The molecule has 2 aromatic heterocycles. The van der Waals surface area contributed by atoms with E-state index in [2.05, 4.69) is 43.7 Å². The molecule has 0 spiro atoms. The minimum atomic E-state index is 0.436. The van der Waals surface area contributed by atoms with Crippen molar-refractivity contribution in [3.63, 3.8) is 0 Å². The van der Waals surface area contributed by atoms with Gasteiger partial charge in [-0.2, -0.15) is 0 Å². The van der Waals surface area contributed by atoms with Crippen molar-refractivity contribution < 1.29 is 0 Å². The van der Waals surface area contributed by atoms with Crippen molar-refractivity contribution in [3.05, 3.63) is 44.8 Å². The molecule has 0 amide bonds. The first kappa shape index (κ1) is 11.2. The van der Waals surface area contributed by atoms with Crippen LogP contribution in [-0.4, -0.2) is 4.98 Å². The summed E-state index contributed by atoms with van der Waals surface area (Å²) in [6.45, 7) is 0. The predicted molar refractivity (Wildman–Crippen MR) is 75.6 cm³/mol. The summed E-state index contributed by atoms with van der Waals surface area (Å²) in [4.78, 5) is 5.78. The maximum absolute atomic E-state index is 4.25. The molecule has 0 saturated heterocycles. The average Bonchev–Trinajstić information content (AvgIpc) is 2.81. The lowest BCUT2D eigenvalue weighted by Gasteiger charge is -2.25. The van der Waals surface area contributed by atoms with Gasteiger partial charge in [0.2, 0.25) is 0 Å². The van der Waals surface area contributed by atoms with Crippen molar-refractivity contribution >= 4 is 33.0 Å². The predicted octanol–water partition coefficient (Wildman–Crippen LogP) is 4.40. The van der Waals surface area contributed by atoms with Gasteiger partial charge in [-0.05, 0) is 64.3 Å². The highest BCUT2D eigenvalue weighted by Gasteiger charge is 2.21. The van der Waals surface area contributed by atoms with Crippen LogP contribution in [0.2, 0.25) is 0 Å². The van der Waals surface area contributed by atoms with Gasteiger partial charge in [-0.3, -0.25) is 0 Å². The molecule has 2 nitrogen and oxygen atoms in total. The number of pyridine rings is 1. The van der Waals surface area contributed by atoms with E-state index in [1.165, 1.54) is 29.7 Å². The Kier molecular flexibility index (Phi) is 3.16. The number of anilines is 1. The number of hydrogen-bond acceptors (Lipinski definition) is 3. The third kappa shape index (κ3) is 2.24. The summed E-state index contributed by atoms with van der Waals surface area (Å²) >= 11 is 5.36. The molecule has 88 valence electrons. The van der Waals surface area contributed by atoms with E-state index in [4.69, 9.17) is 0 Å². The molecule has 0 aromatic carbocycles. The zero-order valence-electron chi connectivity index (χ0n) is 9.32. The van der Waals surface area contributed by atoms with E-state index in [1.807, 2.05) is 17.4 Å². The molecule has 1 unspecified atom stereocenters. The van der Waals surface area contributed by atoms with Crippen molar-refractivity contribution in [1.82, 2.24) is 4.98 Å². The van der Waals surface area contributed by atoms with Gasteiger partial charge >= 0.3 is 0 Å². The minimum absolute atomic E-state index is 0.436. The van der Waals surface area contributed by atoms with E-state index < -0.39 is 0 Å². The number of hydrogen-bond donors (Lipinski definition) is 1. The summed E-state index contributed by atoms with van der Waals surface area (Å²) in [7, 11) is 0. The van der Waals surface area contributed by atoms with Gasteiger partial charge in [0, 0.05) is 11.1 Å². The highest BCUT2D eigenvalue weighted by atomic mass is 79.9. The van der Waals surface area contributed by atoms with Crippen LogP contribution in [0.3, 0.4) is 0 Å². The maximum Gasteiger partial charge on any atom is 0.129 e. The zero-order valence-corrected chi connectivity index (χ0v) is 11.7. The Morgan fingerprint density at radius 1 is 1.41 bits per heavy atom. The molecule has 0 aliphatic heterocycles. The van der Waals surface area contributed by atoms with Crippen LogP contribution in [0.15, 0.2) is 34.4 Å². The van der Waals surface area contributed by atoms with Gasteiger partial charge < -0.3 is 5.32 Å². The molecule has 3 rings (SSSR count). The quantitative estimate of drug-likeness (QED) is 0.832. The molecule has 2 aromatic rings. The van der Waals surface area contributed by atoms with Crippen molar-refractivity contribution in [2.75, 3.05) is 5.32 Å². The first-order valence-electron chi connectivity index (χ1n) is 5.78. The number of aromatic nitrogens is 1. The van der Waals surface area contributed by atoms with Crippen LogP contribution in [0, 0.1) is 0 Å². The topological polar surface area (TPSA) is 24.9 Å². The Balaban J connectivity index is 1.86. The van der Waals surface area contributed by atoms with Crippen LogP contribution < -0.4 is 5.32 Å². The third-order valence-corrected chi connectivity index (χ3v) is 4.77. The normalized spacial score (nSPS) is 18.8. The standard InChI is InChI=1S/C13H13BrN2S/c14-13-11(4-2-7-15-13)16-10-3-1-5-12-9(10)6-8-17-12/h2,4,6-8,10,16H,1,3,5H2. The molecule has 1 aliphatic carbocycles. The monoisotopic (exact) mass is 308 g/mol. The van der Waals surface area contributed by atoms with Gasteiger partial charge in [0.15, 0.2) is 0 Å². The van der Waals surface area contributed by atoms with Crippen molar-refractivity contribution in [3.8, 4) is 0 Å². The van der Waals surface area contributed by atoms with E-state index in [-0.39, 0.29) is 0 Å². The summed E-state index contributed by atoms with van der Waals surface area (Å²) in [6, 6.07) is 6.72. The van der Waals surface area contributed by atoms with Crippen LogP contribution in [-0.2, 0) is 6.42 Å². The molecule has 4 heteroatoms. The molecule has 0 saturated carbocycles. The molecular formula is C13H13BrN2S. The molecule has 17 heavy (non-hydrogen) atoms. The van der Waals surface area contributed by atoms with Gasteiger partial charge in [-0.25, -0.2) is 4.98 Å². The fourth-order valence-corrected chi connectivity index (χ4v) is 3.67. The molecule has 1 N–H and O–H groups in total. The van der Waals surface area contributed by atoms with Crippen LogP contribution in [0.25, 0.3) is 0 Å². The molecule has 2 heterocycles. The van der Waals surface area contributed by atoms with Crippen molar-refractivity contribution in [2.24, 2.45) is 0 Å². The Labute approximate surface area is 113 Å². The van der Waals surface area contributed by atoms with Crippen LogP contribution in [0.1, 0.15) is 29.3 Å². The molecule has 1 atom stereocenters. The van der Waals surface area contributed by atoms with Gasteiger partial charge in [-0.1, -0.05) is 0 Å². The summed E-state index contributed by atoms with van der Waals surface area (Å²) in [5.74, 6) is 0. The second-order valence-corrected chi connectivity index (χ2v) is 5.98. The number of thiophene rings is 1. The molecule has 0 fully saturated rings. The van der Waals surface area contributed by atoms with Crippen LogP contribution in [0.4, 0.5) is 5.69 Å². The average molecular weight is 309 g/mol. The Hall–Kier alpha value is -0.870. The fourth-order valence-electron chi connectivity index (χ4n) is 2.32. The minimum Gasteiger partial charge on any atom is -0.376 e. The number of rotatable bonds is 2. The lowest BCUT2D eigenvalue weighted by Crippen LogP contribution is -2.15. The van der Waals surface area contributed by atoms with E-state index >= 15 is 0 Å². The second-order valence-electron chi connectivity index (χ2n) is 4.23. The van der Waals surface area contributed by atoms with E-state index in [1.54, 1.807) is 6.20 Å². The first-order valence-corrected chi connectivity index (χ1v) is 7.45. The Bertz CT molecular complexity index is 524. The molecule has 0 radical (unpaired) electrons. The zero-order chi connectivity index (χ0) is 11.7. The lowest BCUT2D eigenvalue weighted by molar-refractivity contribution is 0.608. The maximum atomic E-state index is 4.25. The fraction of sp³-hybridized carbons (Fsp3) is 0.308. The first-order chi connectivity index (χ1) is 8.34. The van der Waals surface area contributed by atoms with Crippen molar-refractivity contribution in [1.29, 1.82) is 0 Å². The van der Waals surface area contributed by atoms with Gasteiger partial charge in [0.1, 0.15) is 4.60 Å². The van der Waals surface area contributed by atoms with Gasteiger partial charge in [-0.15, -0.1) is 11.3 Å². The van der Waals surface area contributed by atoms with Gasteiger partial charge in [0.05, 0.1) is 11.7 Å². The van der Waals surface area contributed by atoms with E-state index in [0.29, 0.717) is 6.04 Å². The smallest absolute Gasteiger partial charge is 0.129 e. The molecule has 0 bridgehead atoms. The lowest BCUT2D eigenvalue weighted by atomic mass is 9.94. The SMILES string of the molecule is Brc1ncccc1NC1CCCc2sccc21. The van der Waals surface area contributed by atoms with E-state index in [9.17, 15) is 0 Å². The highest BCUT2D eigenvalue weighted by molar-refractivity contribution is 9.10. The largest absolute Gasteiger partial charge is 0.376 e. The second kappa shape index (κ2) is 4.78. The Morgan fingerprint density at radius 3 is 3.24 bits per heavy atom. The number of nitrogens with zero attached hydrogens (tertiary/aromatic N) is 1.